The van der Waals surface area contributed by atoms with Gasteiger partial charge in [0.15, 0.2) is 0 Å². The number of amides is 1. The van der Waals surface area contributed by atoms with Crippen molar-refractivity contribution in [2.75, 3.05) is 13.8 Å². The predicted octanol–water partition coefficient (Wildman–Crippen LogP) is 2.53. The average Bonchev–Trinajstić information content (AvgIpc) is 2.25. The molecule has 0 saturated heterocycles. The van der Waals surface area contributed by atoms with E-state index in [2.05, 4.69) is 0 Å². The van der Waals surface area contributed by atoms with Gasteiger partial charge in [0.1, 0.15) is 6.73 Å². The summed E-state index contributed by atoms with van der Waals surface area (Å²) in [7, 11) is 1.59. The number of carbonyl (C=O) groups excluding carboxylic acids is 1. The molecule has 0 aliphatic carbocycles. The molecule has 3 heteroatoms. The summed E-state index contributed by atoms with van der Waals surface area (Å²) in [4.78, 5) is 13.9. The molecule has 88 valence electrons. The van der Waals surface area contributed by atoms with E-state index in [1.165, 1.54) is 0 Å². The molecule has 0 unspecified atom stereocenters. The van der Waals surface area contributed by atoms with E-state index >= 15 is 0 Å². The first kappa shape index (κ1) is 12.7. The van der Waals surface area contributed by atoms with Crippen molar-refractivity contribution in [1.82, 2.24) is 4.90 Å². The van der Waals surface area contributed by atoms with Crippen molar-refractivity contribution in [3.05, 3.63) is 35.9 Å². The Morgan fingerprint density at radius 1 is 1.25 bits per heavy atom. The molecule has 0 atom stereocenters. The molecule has 3 nitrogen and oxygen atoms in total. The van der Waals surface area contributed by atoms with Gasteiger partial charge in [-0.15, -0.1) is 0 Å². The van der Waals surface area contributed by atoms with Crippen LogP contribution in [-0.2, 0) is 4.74 Å². The van der Waals surface area contributed by atoms with Crippen LogP contribution in [0.4, 0.5) is 0 Å². The quantitative estimate of drug-likeness (QED) is 0.734. The third kappa shape index (κ3) is 3.07. The Morgan fingerprint density at radius 2 is 1.81 bits per heavy atom. The van der Waals surface area contributed by atoms with Gasteiger partial charge in [0.2, 0.25) is 0 Å². The average molecular weight is 221 g/mol. The van der Waals surface area contributed by atoms with E-state index in [-0.39, 0.29) is 11.4 Å². The van der Waals surface area contributed by atoms with E-state index < -0.39 is 0 Å². The Kier molecular flexibility index (Phi) is 4.07. The molecule has 1 aromatic rings. The second-order valence-corrected chi connectivity index (χ2v) is 4.69. The van der Waals surface area contributed by atoms with Crippen LogP contribution < -0.4 is 0 Å². The summed E-state index contributed by atoms with van der Waals surface area (Å²) in [5.41, 5.74) is 0.442. The van der Waals surface area contributed by atoms with Crippen LogP contribution in [-0.4, -0.2) is 30.2 Å². The van der Waals surface area contributed by atoms with E-state index in [0.717, 1.165) is 0 Å². The fourth-order valence-corrected chi connectivity index (χ4v) is 1.42. The molecule has 0 aliphatic rings. The van der Waals surface area contributed by atoms with Gasteiger partial charge in [-0.1, -0.05) is 18.2 Å². The summed E-state index contributed by atoms with van der Waals surface area (Å²) in [5.74, 6) is -0.00468. The zero-order valence-electron chi connectivity index (χ0n) is 10.4. The van der Waals surface area contributed by atoms with Gasteiger partial charge in [-0.2, -0.15) is 0 Å². The zero-order valence-corrected chi connectivity index (χ0v) is 10.4. The van der Waals surface area contributed by atoms with Gasteiger partial charge in [-0.25, -0.2) is 0 Å². The number of carbonyl (C=O) groups is 1. The van der Waals surface area contributed by atoms with Gasteiger partial charge in [-0.3, -0.25) is 4.79 Å². The van der Waals surface area contributed by atoms with Gasteiger partial charge < -0.3 is 9.64 Å². The molecule has 0 N–H and O–H groups in total. The molecule has 0 fully saturated rings. The Bertz CT molecular complexity index is 341. The first-order chi connectivity index (χ1) is 7.46. The summed E-state index contributed by atoms with van der Waals surface area (Å²) in [6.45, 7) is 6.28. The second kappa shape index (κ2) is 5.12. The monoisotopic (exact) mass is 221 g/mol. The smallest absolute Gasteiger partial charge is 0.256 e. The van der Waals surface area contributed by atoms with Crippen LogP contribution in [0.5, 0.6) is 0 Å². The standard InChI is InChI=1S/C13H19NO2/c1-13(2,3)14(10-16-4)12(15)11-8-6-5-7-9-11/h5-9H,10H2,1-4H3. The van der Waals surface area contributed by atoms with Gasteiger partial charge in [0.05, 0.1) is 0 Å². The second-order valence-electron chi connectivity index (χ2n) is 4.69. The first-order valence-corrected chi connectivity index (χ1v) is 5.33. The molecule has 0 spiro atoms. The van der Waals surface area contributed by atoms with Gasteiger partial charge >= 0.3 is 0 Å². The van der Waals surface area contributed by atoms with Crippen molar-refractivity contribution in [3.8, 4) is 0 Å². The fourth-order valence-electron chi connectivity index (χ4n) is 1.42. The molecule has 1 rings (SSSR count). The SMILES string of the molecule is COCN(C(=O)c1ccccc1)C(C)(C)C. The molecule has 0 aromatic heterocycles. The minimum atomic E-state index is -0.247. The highest BCUT2D eigenvalue weighted by molar-refractivity contribution is 5.94. The summed E-state index contributed by atoms with van der Waals surface area (Å²) >= 11 is 0. The van der Waals surface area contributed by atoms with Crippen molar-refractivity contribution in [2.45, 2.75) is 26.3 Å². The van der Waals surface area contributed by atoms with Crippen molar-refractivity contribution in [3.63, 3.8) is 0 Å². The summed E-state index contributed by atoms with van der Waals surface area (Å²) < 4.78 is 5.08. The van der Waals surface area contributed by atoms with E-state index in [9.17, 15) is 4.79 Å². The van der Waals surface area contributed by atoms with Crippen LogP contribution >= 0.6 is 0 Å². The molecule has 0 bridgehead atoms. The molecule has 1 aromatic carbocycles. The molecule has 0 radical (unpaired) electrons. The number of benzene rings is 1. The number of hydrogen-bond donors (Lipinski definition) is 0. The molecular weight excluding hydrogens is 202 g/mol. The highest BCUT2D eigenvalue weighted by atomic mass is 16.5. The first-order valence-electron chi connectivity index (χ1n) is 5.33. The Morgan fingerprint density at radius 3 is 2.25 bits per heavy atom. The van der Waals surface area contributed by atoms with E-state index in [1.54, 1.807) is 12.0 Å². The maximum absolute atomic E-state index is 12.2. The lowest BCUT2D eigenvalue weighted by Crippen LogP contribution is -2.46. The Labute approximate surface area is 97.0 Å². The van der Waals surface area contributed by atoms with E-state index in [0.29, 0.717) is 12.3 Å². The molecular formula is C13H19NO2. The molecule has 16 heavy (non-hydrogen) atoms. The topological polar surface area (TPSA) is 29.5 Å². The Hall–Kier alpha value is -1.35. The number of nitrogens with zero attached hydrogens (tertiary/aromatic N) is 1. The lowest BCUT2D eigenvalue weighted by atomic mass is 10.0. The third-order valence-corrected chi connectivity index (χ3v) is 2.33. The molecule has 0 aliphatic heterocycles. The Balaban J connectivity index is 2.92. The predicted molar refractivity (Wildman–Crippen MR) is 64.2 cm³/mol. The van der Waals surface area contributed by atoms with Crippen LogP contribution in [0.2, 0.25) is 0 Å². The minimum absolute atomic E-state index is 0.00468. The largest absolute Gasteiger partial charge is 0.364 e. The lowest BCUT2D eigenvalue weighted by Gasteiger charge is -2.35. The summed E-state index contributed by atoms with van der Waals surface area (Å²) in [5, 5.41) is 0. The van der Waals surface area contributed by atoms with Crippen molar-refractivity contribution < 1.29 is 9.53 Å². The number of methoxy groups -OCH3 is 1. The van der Waals surface area contributed by atoms with Crippen LogP contribution in [0.3, 0.4) is 0 Å². The molecule has 0 saturated carbocycles. The van der Waals surface area contributed by atoms with Gasteiger partial charge in [0, 0.05) is 18.2 Å². The summed E-state index contributed by atoms with van der Waals surface area (Å²) in [6, 6.07) is 9.25. The maximum atomic E-state index is 12.2. The number of hydrogen-bond acceptors (Lipinski definition) is 2. The van der Waals surface area contributed by atoms with Gasteiger partial charge in [0.25, 0.3) is 5.91 Å². The molecule has 1 amide bonds. The lowest BCUT2D eigenvalue weighted by molar-refractivity contribution is 0.00915. The van der Waals surface area contributed by atoms with Crippen molar-refractivity contribution in [1.29, 1.82) is 0 Å². The maximum Gasteiger partial charge on any atom is 0.256 e. The van der Waals surface area contributed by atoms with E-state index in [4.69, 9.17) is 4.74 Å². The van der Waals surface area contributed by atoms with Crippen LogP contribution in [0, 0.1) is 0 Å². The summed E-state index contributed by atoms with van der Waals surface area (Å²) in [6.07, 6.45) is 0. The van der Waals surface area contributed by atoms with Crippen LogP contribution in [0.15, 0.2) is 30.3 Å². The highest BCUT2D eigenvalue weighted by Crippen LogP contribution is 2.16. The zero-order chi connectivity index (χ0) is 12.2. The highest BCUT2D eigenvalue weighted by Gasteiger charge is 2.26. The van der Waals surface area contributed by atoms with Crippen LogP contribution in [0.1, 0.15) is 31.1 Å². The third-order valence-electron chi connectivity index (χ3n) is 2.33. The van der Waals surface area contributed by atoms with Crippen molar-refractivity contribution >= 4 is 5.91 Å². The van der Waals surface area contributed by atoms with Crippen molar-refractivity contribution in [2.24, 2.45) is 0 Å². The van der Waals surface area contributed by atoms with Crippen LogP contribution in [0.25, 0.3) is 0 Å². The fraction of sp³-hybridized carbons (Fsp3) is 0.462. The number of ether oxygens (including phenoxy) is 1. The molecule has 0 heterocycles. The van der Waals surface area contributed by atoms with Gasteiger partial charge in [-0.05, 0) is 32.9 Å². The minimum Gasteiger partial charge on any atom is -0.364 e. The number of rotatable bonds is 3. The van der Waals surface area contributed by atoms with E-state index in [1.807, 2.05) is 51.1 Å². The normalized spacial score (nSPS) is 11.2.